The van der Waals surface area contributed by atoms with Gasteiger partial charge in [-0.25, -0.2) is 9.97 Å². The van der Waals surface area contributed by atoms with Gasteiger partial charge in [0.15, 0.2) is 0 Å². The van der Waals surface area contributed by atoms with E-state index >= 15 is 0 Å². The van der Waals surface area contributed by atoms with Crippen LogP contribution in [0.4, 0.5) is 11.6 Å². The number of carbonyl (C=O) groups excluding carboxylic acids is 1. The largest absolute Gasteiger partial charge is 0.481 e. The van der Waals surface area contributed by atoms with Gasteiger partial charge in [0, 0.05) is 32.1 Å². The van der Waals surface area contributed by atoms with Crippen LogP contribution in [0.1, 0.15) is 25.7 Å². The number of piperidine rings is 1. The SMILES string of the molecule is O=C(O)C1CCN(c2cc(N3CCCC3=O)ncn2)CC1. The summed E-state index contributed by atoms with van der Waals surface area (Å²) in [6.45, 7) is 2.04. The summed E-state index contributed by atoms with van der Waals surface area (Å²) < 4.78 is 0. The zero-order valence-corrected chi connectivity index (χ0v) is 11.7. The minimum Gasteiger partial charge on any atom is -0.481 e. The predicted molar refractivity (Wildman–Crippen MR) is 76.2 cm³/mol. The van der Waals surface area contributed by atoms with Gasteiger partial charge >= 0.3 is 5.97 Å². The summed E-state index contributed by atoms with van der Waals surface area (Å²) in [7, 11) is 0. The quantitative estimate of drug-likeness (QED) is 0.890. The van der Waals surface area contributed by atoms with E-state index in [1.807, 2.05) is 6.07 Å². The van der Waals surface area contributed by atoms with Crippen molar-refractivity contribution in [3.8, 4) is 0 Å². The minimum absolute atomic E-state index is 0.101. The van der Waals surface area contributed by atoms with Crippen LogP contribution in [0.15, 0.2) is 12.4 Å². The van der Waals surface area contributed by atoms with Crippen LogP contribution in [0.3, 0.4) is 0 Å². The molecule has 7 heteroatoms. The first-order valence-corrected chi connectivity index (χ1v) is 7.25. The van der Waals surface area contributed by atoms with Gasteiger partial charge < -0.3 is 10.0 Å². The van der Waals surface area contributed by atoms with Gasteiger partial charge in [-0.3, -0.25) is 14.5 Å². The number of aliphatic carboxylic acids is 1. The highest BCUT2D eigenvalue weighted by Crippen LogP contribution is 2.25. The molecule has 112 valence electrons. The third-order valence-corrected chi connectivity index (χ3v) is 4.16. The first kappa shape index (κ1) is 13.8. The standard InChI is InChI=1S/C14H18N4O3/c19-13-2-1-5-18(13)12-8-11(15-9-16-12)17-6-3-10(4-7-17)14(20)21/h8-10H,1-7H2,(H,20,21). The van der Waals surface area contributed by atoms with Crippen molar-refractivity contribution < 1.29 is 14.7 Å². The summed E-state index contributed by atoms with van der Waals surface area (Å²) in [6.07, 6.45) is 4.15. The molecule has 3 heterocycles. The molecule has 3 rings (SSSR count). The Hall–Kier alpha value is -2.18. The van der Waals surface area contributed by atoms with Crippen molar-refractivity contribution in [2.75, 3.05) is 29.4 Å². The fourth-order valence-electron chi connectivity index (χ4n) is 2.90. The number of carboxylic acid groups (broad SMARTS) is 1. The number of carbonyl (C=O) groups is 2. The van der Waals surface area contributed by atoms with Gasteiger partial charge in [0.25, 0.3) is 0 Å². The van der Waals surface area contributed by atoms with Crippen LogP contribution < -0.4 is 9.80 Å². The molecule has 0 unspecified atom stereocenters. The molecule has 0 spiro atoms. The van der Waals surface area contributed by atoms with Gasteiger partial charge in [-0.15, -0.1) is 0 Å². The van der Waals surface area contributed by atoms with E-state index in [9.17, 15) is 9.59 Å². The lowest BCUT2D eigenvalue weighted by molar-refractivity contribution is -0.142. The Morgan fingerprint density at radius 2 is 1.90 bits per heavy atom. The Labute approximate surface area is 122 Å². The van der Waals surface area contributed by atoms with Gasteiger partial charge in [-0.05, 0) is 19.3 Å². The molecule has 2 saturated heterocycles. The molecule has 21 heavy (non-hydrogen) atoms. The maximum Gasteiger partial charge on any atom is 0.306 e. The third-order valence-electron chi connectivity index (χ3n) is 4.16. The van der Waals surface area contributed by atoms with E-state index in [2.05, 4.69) is 14.9 Å². The number of aromatic nitrogens is 2. The number of nitrogens with zero attached hydrogens (tertiary/aromatic N) is 4. The van der Waals surface area contributed by atoms with E-state index in [0.29, 0.717) is 44.7 Å². The zero-order valence-electron chi connectivity index (χ0n) is 11.7. The topological polar surface area (TPSA) is 86.6 Å². The van der Waals surface area contributed by atoms with Crippen molar-refractivity contribution in [2.45, 2.75) is 25.7 Å². The monoisotopic (exact) mass is 290 g/mol. The molecule has 1 aromatic rings. The minimum atomic E-state index is -0.722. The predicted octanol–water partition coefficient (Wildman–Crippen LogP) is 0.904. The van der Waals surface area contributed by atoms with E-state index in [1.54, 1.807) is 4.90 Å². The van der Waals surface area contributed by atoms with E-state index in [4.69, 9.17) is 5.11 Å². The zero-order chi connectivity index (χ0) is 14.8. The fourth-order valence-corrected chi connectivity index (χ4v) is 2.90. The van der Waals surface area contributed by atoms with Crippen molar-refractivity contribution in [1.29, 1.82) is 0 Å². The highest BCUT2D eigenvalue weighted by molar-refractivity contribution is 5.94. The lowest BCUT2D eigenvalue weighted by atomic mass is 9.97. The van der Waals surface area contributed by atoms with Crippen molar-refractivity contribution in [2.24, 2.45) is 5.92 Å². The molecule has 0 radical (unpaired) electrons. The summed E-state index contributed by atoms with van der Waals surface area (Å²) in [5.41, 5.74) is 0. The summed E-state index contributed by atoms with van der Waals surface area (Å²) in [4.78, 5) is 34.9. The second-order valence-corrected chi connectivity index (χ2v) is 5.48. The Bertz CT molecular complexity index is 555. The summed E-state index contributed by atoms with van der Waals surface area (Å²) >= 11 is 0. The average Bonchev–Trinajstić information content (AvgIpc) is 2.94. The Balaban J connectivity index is 1.72. The van der Waals surface area contributed by atoms with Gasteiger partial charge in [0.2, 0.25) is 5.91 Å². The Morgan fingerprint density at radius 1 is 1.19 bits per heavy atom. The summed E-state index contributed by atoms with van der Waals surface area (Å²) in [6, 6.07) is 1.82. The summed E-state index contributed by atoms with van der Waals surface area (Å²) in [5.74, 6) is 0.527. The van der Waals surface area contributed by atoms with E-state index < -0.39 is 5.97 Å². The smallest absolute Gasteiger partial charge is 0.306 e. The molecule has 0 atom stereocenters. The highest BCUT2D eigenvalue weighted by Gasteiger charge is 2.27. The van der Waals surface area contributed by atoms with Crippen LogP contribution in [0.5, 0.6) is 0 Å². The number of rotatable bonds is 3. The molecular weight excluding hydrogens is 272 g/mol. The van der Waals surface area contributed by atoms with Crippen LogP contribution in [0, 0.1) is 5.92 Å². The van der Waals surface area contributed by atoms with Gasteiger partial charge in [-0.1, -0.05) is 0 Å². The number of hydrogen-bond acceptors (Lipinski definition) is 5. The third kappa shape index (κ3) is 2.81. The van der Waals surface area contributed by atoms with Crippen molar-refractivity contribution in [1.82, 2.24) is 9.97 Å². The van der Waals surface area contributed by atoms with Crippen molar-refractivity contribution >= 4 is 23.5 Å². The molecule has 2 aliphatic rings. The van der Waals surface area contributed by atoms with Gasteiger partial charge in [-0.2, -0.15) is 0 Å². The molecule has 1 N–H and O–H groups in total. The van der Waals surface area contributed by atoms with Gasteiger partial charge in [0.1, 0.15) is 18.0 Å². The highest BCUT2D eigenvalue weighted by atomic mass is 16.4. The van der Waals surface area contributed by atoms with E-state index in [0.717, 1.165) is 12.2 Å². The van der Waals surface area contributed by atoms with Crippen LogP contribution in [-0.4, -0.2) is 46.6 Å². The van der Waals surface area contributed by atoms with E-state index in [1.165, 1.54) is 6.33 Å². The number of hydrogen-bond donors (Lipinski definition) is 1. The molecule has 1 amide bonds. The molecule has 0 aromatic carbocycles. The first-order valence-electron chi connectivity index (χ1n) is 7.25. The lowest BCUT2D eigenvalue weighted by Crippen LogP contribution is -2.37. The second kappa shape index (κ2) is 5.67. The number of carboxylic acids is 1. The summed E-state index contributed by atoms with van der Waals surface area (Å²) in [5, 5.41) is 9.02. The van der Waals surface area contributed by atoms with Crippen molar-refractivity contribution in [3.63, 3.8) is 0 Å². The molecule has 0 saturated carbocycles. The van der Waals surface area contributed by atoms with E-state index in [-0.39, 0.29) is 11.8 Å². The number of anilines is 2. The average molecular weight is 290 g/mol. The van der Waals surface area contributed by atoms with Crippen LogP contribution in [0.25, 0.3) is 0 Å². The first-order chi connectivity index (χ1) is 10.1. The molecule has 2 fully saturated rings. The lowest BCUT2D eigenvalue weighted by Gasteiger charge is -2.31. The molecule has 0 aliphatic carbocycles. The maximum absolute atomic E-state index is 11.8. The Kier molecular flexibility index (Phi) is 3.72. The van der Waals surface area contributed by atoms with Crippen LogP contribution in [0.2, 0.25) is 0 Å². The second-order valence-electron chi connectivity index (χ2n) is 5.48. The molecule has 2 aliphatic heterocycles. The van der Waals surface area contributed by atoms with Gasteiger partial charge in [0.05, 0.1) is 5.92 Å². The van der Waals surface area contributed by atoms with Crippen LogP contribution >= 0.6 is 0 Å². The Morgan fingerprint density at radius 3 is 2.52 bits per heavy atom. The van der Waals surface area contributed by atoms with Crippen molar-refractivity contribution in [3.05, 3.63) is 12.4 Å². The molecular formula is C14H18N4O3. The fraction of sp³-hybridized carbons (Fsp3) is 0.571. The maximum atomic E-state index is 11.8. The molecule has 7 nitrogen and oxygen atoms in total. The van der Waals surface area contributed by atoms with Crippen LogP contribution in [-0.2, 0) is 9.59 Å². The normalized spacial score (nSPS) is 20.1. The molecule has 1 aromatic heterocycles. The molecule has 0 bridgehead atoms. The number of amides is 1.